The third kappa shape index (κ3) is 6.72. The molecule has 0 N–H and O–H groups in total. The second-order valence-electron chi connectivity index (χ2n) is 4.06. The van der Waals surface area contributed by atoms with Gasteiger partial charge >= 0.3 is 0 Å². The van der Waals surface area contributed by atoms with Gasteiger partial charge in [-0.05, 0) is 38.5 Å². The summed E-state index contributed by atoms with van der Waals surface area (Å²) < 4.78 is 0. The number of hydrogen-bond donors (Lipinski definition) is 0. The van der Waals surface area contributed by atoms with E-state index in [1.807, 2.05) is 30.3 Å². The van der Waals surface area contributed by atoms with Crippen molar-refractivity contribution in [2.24, 2.45) is 0 Å². The third-order valence-electron chi connectivity index (χ3n) is 2.65. The van der Waals surface area contributed by atoms with E-state index >= 15 is 0 Å². The fourth-order valence-electron chi connectivity index (χ4n) is 1.65. The zero-order chi connectivity index (χ0) is 11.8. The highest BCUT2D eigenvalue weighted by Gasteiger charge is 2.03. The number of likely N-dealkylation sites (tertiary alicyclic amines) is 1. The molecule has 1 heterocycles. The maximum absolute atomic E-state index is 5.87. The molecule has 3 heteroatoms. The zero-order valence-corrected chi connectivity index (χ0v) is 11.9. The third-order valence-corrected chi connectivity index (χ3v) is 3.08. The van der Waals surface area contributed by atoms with Gasteiger partial charge in [0.2, 0.25) is 0 Å². The number of benzene rings is 1. The molecule has 0 amide bonds. The van der Waals surface area contributed by atoms with Gasteiger partial charge in [0.15, 0.2) is 0 Å². The van der Waals surface area contributed by atoms with Crippen molar-refractivity contribution in [3.8, 4) is 0 Å². The van der Waals surface area contributed by atoms with E-state index in [9.17, 15) is 0 Å². The van der Waals surface area contributed by atoms with Crippen LogP contribution in [0.25, 0.3) is 0 Å². The zero-order valence-electron chi connectivity index (χ0n) is 10.3. The van der Waals surface area contributed by atoms with Crippen LogP contribution in [0.15, 0.2) is 43.0 Å². The van der Waals surface area contributed by atoms with Crippen molar-refractivity contribution in [2.45, 2.75) is 18.2 Å². The van der Waals surface area contributed by atoms with E-state index in [1.165, 1.54) is 25.9 Å². The Morgan fingerprint density at radius 2 is 1.76 bits per heavy atom. The summed E-state index contributed by atoms with van der Waals surface area (Å²) in [5, 5.41) is -0.0544. The molecule has 1 fully saturated rings. The first-order valence-electron chi connectivity index (χ1n) is 5.74. The normalized spacial score (nSPS) is 16.4. The number of rotatable bonds is 2. The van der Waals surface area contributed by atoms with Gasteiger partial charge in [0.25, 0.3) is 0 Å². The quantitative estimate of drug-likeness (QED) is 0.574. The molecule has 0 spiro atoms. The monoisotopic (exact) mass is 273 g/mol. The minimum atomic E-state index is -0.0544. The first-order valence-corrected chi connectivity index (χ1v) is 6.18. The second-order valence-corrected chi connectivity index (χ2v) is 4.53. The van der Waals surface area contributed by atoms with Gasteiger partial charge in [-0.15, -0.1) is 30.6 Å². The van der Waals surface area contributed by atoms with E-state index in [0.717, 1.165) is 5.56 Å². The summed E-state index contributed by atoms with van der Waals surface area (Å²) in [6.45, 7) is 6.24. The lowest BCUT2D eigenvalue weighted by molar-refractivity contribution is 0.418. The summed E-state index contributed by atoms with van der Waals surface area (Å²) in [6.07, 6.45) is 4.55. The van der Waals surface area contributed by atoms with Crippen molar-refractivity contribution in [1.29, 1.82) is 0 Å². The predicted octanol–water partition coefficient (Wildman–Crippen LogP) is 4.29. The molecule has 96 valence electrons. The highest BCUT2D eigenvalue weighted by molar-refractivity contribution is 6.21. The Balaban J connectivity index is 0.000000316. The van der Waals surface area contributed by atoms with Crippen molar-refractivity contribution in [2.75, 3.05) is 20.1 Å². The molecule has 1 aliphatic rings. The van der Waals surface area contributed by atoms with E-state index in [4.69, 9.17) is 11.6 Å². The summed E-state index contributed by atoms with van der Waals surface area (Å²) >= 11 is 5.87. The Labute approximate surface area is 116 Å². The first kappa shape index (κ1) is 16.5. The molecule has 2 rings (SSSR count). The van der Waals surface area contributed by atoms with E-state index < -0.39 is 0 Å². The lowest BCUT2D eigenvalue weighted by atomic mass is 10.1. The van der Waals surface area contributed by atoms with Crippen LogP contribution in [0.2, 0.25) is 0 Å². The first-order chi connectivity index (χ1) is 7.74. The lowest BCUT2D eigenvalue weighted by Crippen LogP contribution is -2.10. The molecule has 1 unspecified atom stereocenters. The Kier molecular flexibility index (Phi) is 9.24. The Morgan fingerprint density at radius 3 is 2.12 bits per heavy atom. The van der Waals surface area contributed by atoms with Crippen molar-refractivity contribution in [3.05, 3.63) is 48.6 Å². The van der Waals surface area contributed by atoms with Gasteiger partial charge in [-0.1, -0.05) is 36.4 Å². The summed E-state index contributed by atoms with van der Waals surface area (Å²) in [4.78, 5) is 2.36. The molecule has 1 aromatic carbocycles. The Morgan fingerprint density at radius 1 is 1.24 bits per heavy atom. The van der Waals surface area contributed by atoms with Crippen LogP contribution >= 0.6 is 24.0 Å². The summed E-state index contributed by atoms with van der Waals surface area (Å²) in [5.41, 5.74) is 1.10. The molecule has 0 bridgehead atoms. The summed E-state index contributed by atoms with van der Waals surface area (Å²) in [5.74, 6) is 0. The van der Waals surface area contributed by atoms with Gasteiger partial charge in [-0.25, -0.2) is 0 Å². The van der Waals surface area contributed by atoms with Crippen LogP contribution in [0.3, 0.4) is 0 Å². The van der Waals surface area contributed by atoms with Crippen molar-refractivity contribution in [3.63, 3.8) is 0 Å². The molecule has 0 aromatic heterocycles. The highest BCUT2D eigenvalue weighted by Crippen LogP contribution is 2.19. The smallest absolute Gasteiger partial charge is 0.0763 e. The van der Waals surface area contributed by atoms with Crippen LogP contribution in [0.1, 0.15) is 23.8 Å². The van der Waals surface area contributed by atoms with Gasteiger partial charge in [-0.2, -0.15) is 0 Å². The number of nitrogens with zero attached hydrogens (tertiary/aromatic N) is 1. The fraction of sp³-hybridized carbons (Fsp3) is 0.429. The fourth-order valence-corrected chi connectivity index (χ4v) is 1.79. The molecule has 17 heavy (non-hydrogen) atoms. The Hall–Kier alpha value is -0.500. The van der Waals surface area contributed by atoms with Crippen LogP contribution in [-0.4, -0.2) is 25.0 Å². The maximum Gasteiger partial charge on any atom is 0.0763 e. The molecule has 1 atom stereocenters. The van der Waals surface area contributed by atoms with Crippen molar-refractivity contribution >= 4 is 24.0 Å². The molecule has 0 radical (unpaired) electrons. The van der Waals surface area contributed by atoms with E-state index in [1.54, 1.807) is 6.08 Å². The number of halogens is 2. The van der Waals surface area contributed by atoms with Crippen LogP contribution in [-0.2, 0) is 0 Å². The van der Waals surface area contributed by atoms with Crippen LogP contribution in [0, 0.1) is 0 Å². The molecule has 1 nitrogen and oxygen atoms in total. The summed E-state index contributed by atoms with van der Waals surface area (Å²) in [6, 6.07) is 9.87. The minimum absolute atomic E-state index is 0. The van der Waals surface area contributed by atoms with E-state index in [2.05, 4.69) is 18.5 Å². The minimum Gasteiger partial charge on any atom is -0.306 e. The SMILES string of the molecule is C=CC(Cl)c1ccccc1.CN1CCCC1.Cl. The number of allylic oxidation sites excluding steroid dienone is 1. The lowest BCUT2D eigenvalue weighted by Gasteiger charge is -2.01. The van der Waals surface area contributed by atoms with Crippen LogP contribution in [0.4, 0.5) is 0 Å². The van der Waals surface area contributed by atoms with Crippen molar-refractivity contribution < 1.29 is 0 Å². The highest BCUT2D eigenvalue weighted by atomic mass is 35.5. The van der Waals surface area contributed by atoms with Crippen LogP contribution < -0.4 is 0 Å². The topological polar surface area (TPSA) is 3.24 Å². The van der Waals surface area contributed by atoms with Gasteiger partial charge in [0.1, 0.15) is 0 Å². The van der Waals surface area contributed by atoms with Crippen molar-refractivity contribution in [1.82, 2.24) is 4.90 Å². The molecular formula is C14H21Cl2N. The summed E-state index contributed by atoms with van der Waals surface area (Å²) in [7, 11) is 2.17. The maximum atomic E-state index is 5.87. The van der Waals surface area contributed by atoms with E-state index in [0.29, 0.717) is 0 Å². The molecule has 1 aliphatic heterocycles. The predicted molar refractivity (Wildman–Crippen MR) is 79.2 cm³/mol. The van der Waals surface area contributed by atoms with Gasteiger partial charge in [0.05, 0.1) is 5.38 Å². The van der Waals surface area contributed by atoms with E-state index in [-0.39, 0.29) is 17.8 Å². The van der Waals surface area contributed by atoms with Gasteiger partial charge in [-0.3, -0.25) is 0 Å². The standard InChI is InChI=1S/C9H9Cl.C5H11N.ClH/c1-2-9(10)8-6-4-3-5-7-8;1-6-4-2-3-5-6;/h2-7,9H,1H2;2-5H2,1H3;1H. The number of alkyl halides is 1. The Bertz CT molecular complexity index is 294. The second kappa shape index (κ2) is 9.52. The molecule has 0 aliphatic carbocycles. The average molecular weight is 274 g/mol. The molecule has 1 saturated heterocycles. The number of hydrogen-bond acceptors (Lipinski definition) is 1. The molecular weight excluding hydrogens is 253 g/mol. The van der Waals surface area contributed by atoms with Gasteiger partial charge < -0.3 is 4.90 Å². The average Bonchev–Trinajstić information content (AvgIpc) is 2.81. The molecule has 1 aromatic rings. The van der Waals surface area contributed by atoms with Crippen LogP contribution in [0.5, 0.6) is 0 Å². The molecule has 0 saturated carbocycles. The van der Waals surface area contributed by atoms with Gasteiger partial charge in [0, 0.05) is 0 Å². The largest absolute Gasteiger partial charge is 0.306 e.